The molecule has 142 valence electrons. The number of hydrogen-bond donors (Lipinski definition) is 0. The highest BCUT2D eigenvalue weighted by molar-refractivity contribution is 14.1. The van der Waals surface area contributed by atoms with Crippen LogP contribution in [0.4, 0.5) is 0 Å². The average molecular weight is 477 g/mol. The largest absolute Gasteiger partial charge is 0.597 e. The lowest BCUT2D eigenvalue weighted by Gasteiger charge is -2.43. The predicted octanol–water partition coefficient (Wildman–Crippen LogP) is 5.10. The van der Waals surface area contributed by atoms with E-state index in [0.29, 0.717) is 10.5 Å². The van der Waals surface area contributed by atoms with Crippen molar-refractivity contribution in [3.63, 3.8) is 0 Å². The summed E-state index contributed by atoms with van der Waals surface area (Å²) in [5.41, 5.74) is 1.20. The monoisotopic (exact) mass is 477 g/mol. The molecule has 25 heavy (non-hydrogen) atoms. The van der Waals surface area contributed by atoms with E-state index in [9.17, 15) is 4.55 Å². The highest BCUT2D eigenvalue weighted by atomic mass is 127. The summed E-state index contributed by atoms with van der Waals surface area (Å²) in [6.07, 6.45) is 3.57. The Kier molecular flexibility index (Phi) is 8.08. The van der Waals surface area contributed by atoms with Gasteiger partial charge in [-0.2, -0.15) is 0 Å². The molecule has 1 saturated heterocycles. The zero-order valence-corrected chi connectivity index (χ0v) is 19.0. The molecular formula is C20H32INO2S. The Morgan fingerprint density at radius 2 is 1.92 bits per heavy atom. The fraction of sp³-hybridized carbons (Fsp3) is 0.700. The van der Waals surface area contributed by atoms with Crippen LogP contribution in [0.2, 0.25) is 0 Å². The topological polar surface area (TPSA) is 35.5 Å². The van der Waals surface area contributed by atoms with Crippen LogP contribution >= 0.6 is 22.6 Å². The molecule has 3 unspecified atom stereocenters. The lowest BCUT2D eigenvalue weighted by Crippen LogP contribution is -2.54. The Labute approximate surface area is 170 Å². The van der Waals surface area contributed by atoms with Crippen molar-refractivity contribution in [2.75, 3.05) is 0 Å². The average Bonchev–Trinajstić information content (AvgIpc) is 2.57. The van der Waals surface area contributed by atoms with Gasteiger partial charge in [-0.1, -0.05) is 59.8 Å². The molecule has 2 rings (SSSR count). The van der Waals surface area contributed by atoms with Gasteiger partial charge < -0.3 is 9.29 Å². The van der Waals surface area contributed by atoms with Crippen LogP contribution in [0.25, 0.3) is 0 Å². The van der Waals surface area contributed by atoms with Crippen molar-refractivity contribution in [1.82, 2.24) is 4.31 Å². The van der Waals surface area contributed by atoms with Crippen LogP contribution in [-0.2, 0) is 22.6 Å². The van der Waals surface area contributed by atoms with Crippen molar-refractivity contribution < 1.29 is 9.29 Å². The van der Waals surface area contributed by atoms with Gasteiger partial charge in [0.1, 0.15) is 4.75 Å². The molecule has 0 saturated carbocycles. The molecule has 1 heterocycles. The molecule has 5 atom stereocenters. The lowest BCUT2D eigenvalue weighted by atomic mass is 9.97. The number of benzene rings is 1. The minimum atomic E-state index is -1.08. The van der Waals surface area contributed by atoms with E-state index in [1.54, 1.807) is 0 Å². The Balaban J connectivity index is 2.25. The normalized spacial score (nSPS) is 27.3. The van der Waals surface area contributed by atoms with Gasteiger partial charge in [-0.25, -0.2) is 0 Å². The summed E-state index contributed by atoms with van der Waals surface area (Å²) < 4.78 is 22.2. The number of hydrogen-bond acceptors (Lipinski definition) is 3. The second-order valence-corrected chi connectivity index (χ2v) is 11.7. The number of ether oxygens (including phenoxy) is 1. The van der Waals surface area contributed by atoms with E-state index in [-0.39, 0.29) is 23.0 Å². The van der Waals surface area contributed by atoms with Gasteiger partial charge in [-0.3, -0.25) is 0 Å². The number of rotatable bonds is 6. The van der Waals surface area contributed by atoms with Crippen LogP contribution in [-0.4, -0.2) is 35.8 Å². The molecule has 5 heteroatoms. The van der Waals surface area contributed by atoms with Crippen LogP contribution in [0.15, 0.2) is 30.3 Å². The van der Waals surface area contributed by atoms with Gasteiger partial charge in [-0.15, -0.1) is 4.31 Å². The van der Waals surface area contributed by atoms with Crippen LogP contribution in [0.3, 0.4) is 0 Å². The molecular weight excluding hydrogens is 445 g/mol. The summed E-state index contributed by atoms with van der Waals surface area (Å²) >= 11 is 1.42. The molecule has 1 aromatic carbocycles. The SMILES string of the molecule is CC[C@H]([C@@H]1CCC(I)C(C)O1)N(Cc1ccccc1)[S+]([O-])C(C)(C)C. The van der Waals surface area contributed by atoms with Crippen molar-refractivity contribution in [1.29, 1.82) is 0 Å². The summed E-state index contributed by atoms with van der Waals surface area (Å²) in [7, 11) is 0. The first-order valence-electron chi connectivity index (χ1n) is 9.26. The molecule has 3 nitrogen and oxygen atoms in total. The van der Waals surface area contributed by atoms with Crippen LogP contribution in [0, 0.1) is 0 Å². The quantitative estimate of drug-likeness (QED) is 0.325. The van der Waals surface area contributed by atoms with Gasteiger partial charge in [0.2, 0.25) is 0 Å². The molecule has 0 aliphatic carbocycles. The molecule has 1 fully saturated rings. The van der Waals surface area contributed by atoms with E-state index in [1.165, 1.54) is 12.0 Å². The Hall–Kier alpha value is 0.180. The van der Waals surface area contributed by atoms with Crippen molar-refractivity contribution in [2.24, 2.45) is 0 Å². The second kappa shape index (κ2) is 9.40. The maximum atomic E-state index is 13.3. The van der Waals surface area contributed by atoms with Crippen molar-refractivity contribution in [3.8, 4) is 0 Å². The molecule has 0 bridgehead atoms. The third-order valence-electron chi connectivity index (χ3n) is 4.76. The minimum absolute atomic E-state index is 0.154. The molecule has 1 aliphatic rings. The maximum absolute atomic E-state index is 13.3. The Morgan fingerprint density at radius 1 is 1.28 bits per heavy atom. The third kappa shape index (κ3) is 5.83. The van der Waals surface area contributed by atoms with Crippen molar-refractivity contribution >= 4 is 34.0 Å². The third-order valence-corrected chi connectivity index (χ3v) is 8.27. The van der Waals surface area contributed by atoms with E-state index in [4.69, 9.17) is 4.74 Å². The van der Waals surface area contributed by atoms with Crippen molar-refractivity contribution in [3.05, 3.63) is 35.9 Å². The zero-order valence-electron chi connectivity index (χ0n) is 16.1. The minimum Gasteiger partial charge on any atom is -0.597 e. The van der Waals surface area contributed by atoms with Gasteiger partial charge in [0.05, 0.1) is 24.8 Å². The smallest absolute Gasteiger partial charge is 0.137 e. The number of nitrogens with zero attached hydrogens (tertiary/aromatic N) is 1. The number of alkyl halides is 1. The molecule has 0 aromatic heterocycles. The van der Waals surface area contributed by atoms with Gasteiger partial charge in [-0.05, 0) is 52.5 Å². The zero-order chi connectivity index (χ0) is 18.6. The van der Waals surface area contributed by atoms with E-state index in [0.717, 1.165) is 12.8 Å². The van der Waals surface area contributed by atoms with Gasteiger partial charge in [0, 0.05) is 15.3 Å². The van der Waals surface area contributed by atoms with Gasteiger partial charge in [0.15, 0.2) is 0 Å². The summed E-state index contributed by atoms with van der Waals surface area (Å²) in [6, 6.07) is 10.5. The van der Waals surface area contributed by atoms with Crippen LogP contribution in [0.5, 0.6) is 0 Å². The predicted molar refractivity (Wildman–Crippen MR) is 115 cm³/mol. The first-order valence-corrected chi connectivity index (χ1v) is 11.6. The molecule has 0 amide bonds. The Morgan fingerprint density at radius 3 is 2.44 bits per heavy atom. The standard InChI is InChI=1S/C20H32INO2S/c1-6-18(19-13-12-17(21)15(2)24-19)22(25(23)20(3,4)5)14-16-10-8-7-9-11-16/h7-11,15,17-19H,6,12-14H2,1-5H3/t15?,17?,18-,19+,25?/m1/s1. The lowest BCUT2D eigenvalue weighted by molar-refractivity contribution is -0.0657. The number of halogens is 1. The Bertz CT molecular complexity index is 522. The fourth-order valence-corrected chi connectivity index (χ4v) is 5.37. The summed E-state index contributed by atoms with van der Waals surface area (Å²) in [4.78, 5) is 0. The van der Waals surface area contributed by atoms with Crippen LogP contribution in [0.1, 0.15) is 59.4 Å². The maximum Gasteiger partial charge on any atom is 0.137 e. The molecule has 0 N–H and O–H groups in total. The van der Waals surface area contributed by atoms with E-state index < -0.39 is 11.4 Å². The first kappa shape index (κ1) is 21.5. The van der Waals surface area contributed by atoms with Crippen LogP contribution < -0.4 is 0 Å². The first-order chi connectivity index (χ1) is 11.7. The molecule has 1 aliphatic heterocycles. The second-order valence-electron chi connectivity index (χ2n) is 7.87. The molecule has 0 spiro atoms. The highest BCUT2D eigenvalue weighted by Crippen LogP contribution is 2.33. The highest BCUT2D eigenvalue weighted by Gasteiger charge is 2.42. The van der Waals surface area contributed by atoms with E-state index >= 15 is 0 Å². The summed E-state index contributed by atoms with van der Waals surface area (Å²) in [6.45, 7) is 11.2. The summed E-state index contributed by atoms with van der Waals surface area (Å²) in [5.74, 6) is 0. The van der Waals surface area contributed by atoms with Gasteiger partial charge >= 0.3 is 0 Å². The van der Waals surface area contributed by atoms with E-state index in [1.807, 2.05) is 18.2 Å². The van der Waals surface area contributed by atoms with Gasteiger partial charge in [0.25, 0.3) is 0 Å². The molecule has 0 radical (unpaired) electrons. The summed E-state index contributed by atoms with van der Waals surface area (Å²) in [5, 5.41) is 0. The van der Waals surface area contributed by atoms with Crippen molar-refractivity contribution in [2.45, 2.75) is 87.3 Å². The van der Waals surface area contributed by atoms with E-state index in [2.05, 4.69) is 73.6 Å². The molecule has 1 aromatic rings. The fourth-order valence-electron chi connectivity index (χ4n) is 3.34.